The summed E-state index contributed by atoms with van der Waals surface area (Å²) in [6.45, 7) is 8.54. The number of aliphatic hydroxyl groups excluding tert-OH is 1. The highest BCUT2D eigenvalue weighted by Gasteiger charge is 2.44. The molecule has 3 fully saturated rings. The maximum atomic E-state index is 14.7. The predicted molar refractivity (Wildman–Crippen MR) is 335 cm³/mol. The molecule has 1 aromatic heterocycles. The lowest BCUT2D eigenvalue weighted by molar-refractivity contribution is -0.150. The van der Waals surface area contributed by atoms with E-state index >= 15 is 0 Å². The zero-order valence-corrected chi connectivity index (χ0v) is 52.6. The number of amides is 9. The number of nitrogens with two attached hydrogens (primary N) is 3. The Morgan fingerprint density at radius 3 is 1.73 bits per heavy atom. The van der Waals surface area contributed by atoms with E-state index in [1.54, 1.807) is 68.4 Å². The van der Waals surface area contributed by atoms with Crippen LogP contribution in [-0.4, -0.2) is 199 Å². The number of hydrogen-bond acceptors (Lipinski definition) is 15. The number of likely N-dealkylation sites (tertiary alicyclic amines) is 3. The molecule has 3 aliphatic heterocycles. The van der Waals surface area contributed by atoms with Crippen molar-refractivity contribution in [3.63, 3.8) is 0 Å². The van der Waals surface area contributed by atoms with Gasteiger partial charge in [-0.2, -0.15) is 0 Å². The number of H-pyrrole nitrogens is 1. The largest absolute Gasteiger partial charge is 0.480 e. The molecule has 3 saturated heterocycles. The number of carboxylic acid groups (broad SMARTS) is 1. The van der Waals surface area contributed by atoms with Crippen molar-refractivity contribution in [2.45, 2.75) is 185 Å². The van der Waals surface area contributed by atoms with Crippen molar-refractivity contribution < 1.29 is 63.0 Å². The van der Waals surface area contributed by atoms with Gasteiger partial charge in [-0.1, -0.05) is 102 Å². The molecule has 3 aromatic rings. The first-order chi connectivity index (χ1) is 43.4. The number of benzene rings is 2. The molecule has 9 amide bonds. The summed E-state index contributed by atoms with van der Waals surface area (Å²) in [7, 11) is 0. The van der Waals surface area contributed by atoms with E-state index in [9.17, 15) is 63.0 Å². The van der Waals surface area contributed by atoms with Crippen LogP contribution in [0, 0.1) is 11.8 Å². The van der Waals surface area contributed by atoms with Crippen LogP contribution in [0.1, 0.15) is 139 Å². The highest BCUT2D eigenvalue weighted by molar-refractivity contribution is 6.09. The number of rotatable bonds is 33. The fourth-order valence-electron chi connectivity index (χ4n) is 11.6. The van der Waals surface area contributed by atoms with Gasteiger partial charge in [0.1, 0.15) is 54.4 Å². The number of aliphatic hydroxyl groups is 1. The van der Waals surface area contributed by atoms with Crippen LogP contribution in [0.3, 0.4) is 0 Å². The second-order valence-corrected chi connectivity index (χ2v) is 24.3. The number of aromatic nitrogens is 2. The zero-order chi connectivity index (χ0) is 66.5. The SMILES string of the molecule is CCCC[C@H](N)C(=O)N1CCC[C@H]1C(=O)N[C@@H](CC(C)C)C(=O)N[C@@H](Cc1cnc[nH]1)C(=O)N[C@@H](CO)C(=O)N[C@@H](CCCN=C(N)N)C(=O)N[C@H](C(=O)N1CCC[C@H]1C(=O)N[C@@H](Cc1ccc(C(=O)c2ccccc2)cc1)C(=O)N1CCC[C@H]1C(=O)O)C(C)C. The summed E-state index contributed by atoms with van der Waals surface area (Å²) in [4.78, 5) is 168. The quantitative estimate of drug-likeness (QED) is 0.0161. The highest BCUT2D eigenvalue weighted by Crippen LogP contribution is 2.25. The van der Waals surface area contributed by atoms with Gasteiger partial charge in [-0.05, 0) is 81.6 Å². The van der Waals surface area contributed by atoms with E-state index in [1.165, 1.54) is 27.2 Å². The molecule has 10 atom stereocenters. The summed E-state index contributed by atoms with van der Waals surface area (Å²) in [5.74, 6) is -8.90. The number of hydrogen-bond donors (Lipinski definition) is 12. The first-order valence-electron chi connectivity index (χ1n) is 31.5. The molecule has 91 heavy (non-hydrogen) atoms. The second kappa shape index (κ2) is 34.4. The smallest absolute Gasteiger partial charge is 0.326 e. The lowest BCUT2D eigenvalue weighted by atomic mass is 9.98. The van der Waals surface area contributed by atoms with Gasteiger partial charge >= 0.3 is 5.97 Å². The van der Waals surface area contributed by atoms with E-state index in [4.69, 9.17) is 17.2 Å². The molecule has 0 radical (unpaired) electrons. The van der Waals surface area contributed by atoms with E-state index in [-0.39, 0.29) is 88.1 Å². The topological polar surface area (TPSA) is 429 Å². The number of nitrogens with one attached hydrogen (secondary N) is 7. The van der Waals surface area contributed by atoms with Crippen LogP contribution in [0.25, 0.3) is 0 Å². The first kappa shape index (κ1) is 71.3. The summed E-state index contributed by atoms with van der Waals surface area (Å²) in [6.07, 6.45) is 6.71. The average molecular weight is 1270 g/mol. The van der Waals surface area contributed by atoms with Crippen molar-refractivity contribution in [2.75, 3.05) is 32.8 Å². The molecule has 3 aliphatic rings. The lowest BCUT2D eigenvalue weighted by Gasteiger charge is -2.33. The van der Waals surface area contributed by atoms with Gasteiger partial charge in [-0.15, -0.1) is 0 Å². The summed E-state index contributed by atoms with van der Waals surface area (Å²) in [5, 5.41) is 36.8. The fourth-order valence-corrected chi connectivity index (χ4v) is 11.6. The van der Waals surface area contributed by atoms with Crippen LogP contribution in [0.15, 0.2) is 72.1 Å². The third-order valence-corrected chi connectivity index (χ3v) is 16.6. The maximum absolute atomic E-state index is 14.7. The van der Waals surface area contributed by atoms with Crippen molar-refractivity contribution in [1.29, 1.82) is 0 Å². The van der Waals surface area contributed by atoms with Gasteiger partial charge in [0.05, 0.1) is 19.0 Å². The summed E-state index contributed by atoms with van der Waals surface area (Å²) in [6, 6.07) is 2.87. The van der Waals surface area contributed by atoms with E-state index in [0.717, 1.165) is 12.8 Å². The number of carboxylic acids is 1. The van der Waals surface area contributed by atoms with Gasteiger partial charge < -0.3 is 79.0 Å². The van der Waals surface area contributed by atoms with Crippen molar-refractivity contribution in [3.8, 4) is 0 Å². The number of aromatic amines is 1. The third kappa shape index (κ3) is 20.1. The van der Waals surface area contributed by atoms with Crippen LogP contribution in [0.4, 0.5) is 0 Å². The fraction of sp³-hybridized carbons (Fsp3) is 0.571. The van der Waals surface area contributed by atoms with Crippen LogP contribution in [0.5, 0.6) is 0 Å². The molecule has 496 valence electrons. The Balaban J connectivity index is 1.16. The van der Waals surface area contributed by atoms with Gasteiger partial charge in [0, 0.05) is 62.0 Å². The molecule has 4 heterocycles. The molecule has 15 N–H and O–H groups in total. The number of aliphatic carboxylic acids is 1. The Hall–Kier alpha value is -8.79. The van der Waals surface area contributed by atoms with Gasteiger partial charge in [0.2, 0.25) is 53.2 Å². The van der Waals surface area contributed by atoms with E-state index in [2.05, 4.69) is 46.9 Å². The minimum absolute atomic E-state index is 0.00814. The van der Waals surface area contributed by atoms with Crippen molar-refractivity contribution >= 4 is 70.9 Å². The minimum atomic E-state index is -1.73. The standard InChI is InChI=1S/C63H91N15O13/c1-6-7-17-42(64)59(87)76-27-12-19-48(76)57(85)72-44(30-36(2)3)54(82)71-45(32-41-33-67-35-69-41)55(83)74-47(34-79)56(84)70-43(18-11-26-68-63(65)66)53(81)75-51(37(4)5)61(89)77-28-13-20-49(77)58(86)73-46(60(88)78-29-14-21-50(78)62(90)91)31-38-22-24-40(25-23-38)52(80)39-15-9-8-10-16-39/h8-10,15-16,22-25,33,35-37,42-51,79H,6-7,11-14,17-21,26-32,34,64H2,1-5H3,(H,67,69)(H,70,84)(H,71,82)(H,72,85)(H,73,86)(H,74,83)(H,75,81)(H,90,91)(H4,65,66,68)/t42-,43-,44-,45-,46-,47-,48-,49-,50-,51-/m0/s1. The predicted octanol–water partition coefficient (Wildman–Crippen LogP) is -0.342. The normalized spacial score (nSPS) is 18.6. The summed E-state index contributed by atoms with van der Waals surface area (Å²) in [5.41, 5.74) is 19.2. The minimum Gasteiger partial charge on any atom is -0.480 e. The van der Waals surface area contributed by atoms with Crippen LogP contribution in [-0.2, 0) is 60.8 Å². The zero-order valence-electron chi connectivity index (χ0n) is 52.6. The Morgan fingerprint density at radius 1 is 0.626 bits per heavy atom. The van der Waals surface area contributed by atoms with Crippen LogP contribution < -0.4 is 49.1 Å². The highest BCUT2D eigenvalue weighted by atomic mass is 16.4. The van der Waals surface area contributed by atoms with Gasteiger partial charge in [0.15, 0.2) is 11.7 Å². The van der Waals surface area contributed by atoms with E-state index in [1.807, 2.05) is 20.8 Å². The molecule has 6 rings (SSSR count). The number of guanidine groups is 1. The molecule has 0 spiro atoms. The molecule has 2 aromatic carbocycles. The molecule has 0 bridgehead atoms. The van der Waals surface area contributed by atoms with Crippen molar-refractivity contribution in [1.82, 2.24) is 56.6 Å². The Morgan fingerprint density at radius 2 is 1.16 bits per heavy atom. The number of carbonyl (C=O) groups is 11. The molecule has 28 heteroatoms. The number of imidazole rings is 1. The van der Waals surface area contributed by atoms with Crippen LogP contribution in [0.2, 0.25) is 0 Å². The molecular weight excluding hydrogens is 1170 g/mol. The molecule has 0 unspecified atom stereocenters. The van der Waals surface area contributed by atoms with Gasteiger partial charge in [-0.25, -0.2) is 9.78 Å². The van der Waals surface area contributed by atoms with Crippen LogP contribution >= 0.6 is 0 Å². The number of aliphatic imine (C=N–C) groups is 1. The molecule has 0 saturated carbocycles. The number of carbonyl (C=O) groups excluding carboxylic acids is 10. The third-order valence-electron chi connectivity index (χ3n) is 16.6. The summed E-state index contributed by atoms with van der Waals surface area (Å²) < 4.78 is 0. The monoisotopic (exact) mass is 1270 g/mol. The number of nitrogens with zero attached hydrogens (tertiary/aromatic N) is 5. The van der Waals surface area contributed by atoms with E-state index < -0.39 is 126 Å². The Bertz CT molecular complexity index is 3030. The second-order valence-electron chi connectivity index (χ2n) is 24.3. The van der Waals surface area contributed by atoms with Gasteiger partial charge in [0.25, 0.3) is 0 Å². The molecule has 28 nitrogen and oxygen atoms in total. The number of ketones is 1. The first-order valence-corrected chi connectivity index (χ1v) is 31.5. The summed E-state index contributed by atoms with van der Waals surface area (Å²) >= 11 is 0. The Kier molecular flexibility index (Phi) is 27.0. The number of unbranched alkanes of at least 4 members (excludes halogenated alkanes) is 1. The Labute approximate surface area is 529 Å². The molecular formula is C63H91N15O13. The van der Waals surface area contributed by atoms with Gasteiger partial charge in [-0.3, -0.25) is 52.9 Å². The van der Waals surface area contributed by atoms with E-state index in [0.29, 0.717) is 61.0 Å². The van der Waals surface area contributed by atoms with Crippen molar-refractivity contribution in [2.24, 2.45) is 34.0 Å². The average Bonchev–Trinajstić information content (AvgIpc) is 2.08. The molecule has 0 aliphatic carbocycles. The van der Waals surface area contributed by atoms with Crippen molar-refractivity contribution in [3.05, 3.63) is 89.5 Å². The lowest BCUT2D eigenvalue weighted by Crippen LogP contribution is -2.61. The maximum Gasteiger partial charge on any atom is 0.326 e.